The van der Waals surface area contributed by atoms with Gasteiger partial charge in [0.2, 0.25) is 0 Å². The van der Waals surface area contributed by atoms with Crippen molar-refractivity contribution < 1.29 is 9.53 Å². The number of allylic oxidation sites excluding steroid dienone is 1. The van der Waals surface area contributed by atoms with Crippen molar-refractivity contribution in [3.05, 3.63) is 71.4 Å². The maximum Gasteiger partial charge on any atom is 0.187 e. The first-order valence-corrected chi connectivity index (χ1v) is 6.79. The molecule has 3 nitrogen and oxygen atoms in total. The number of benzene rings is 2. The fourth-order valence-electron chi connectivity index (χ4n) is 2.03. The van der Waals surface area contributed by atoms with Crippen LogP contribution in [0.25, 0.3) is 0 Å². The zero-order chi connectivity index (χ0) is 15.2. The van der Waals surface area contributed by atoms with E-state index in [1.165, 1.54) is 11.6 Å². The molecule has 2 rings (SSSR count). The Morgan fingerprint density at radius 3 is 2.43 bits per heavy atom. The molecule has 0 saturated heterocycles. The molecule has 0 amide bonds. The molecule has 2 aromatic carbocycles. The van der Waals surface area contributed by atoms with Crippen LogP contribution in [0.5, 0.6) is 5.75 Å². The number of nitrogens with one attached hydrogen (secondary N) is 1. The van der Waals surface area contributed by atoms with Crippen molar-refractivity contribution in [2.45, 2.75) is 13.8 Å². The molecule has 0 bridgehead atoms. The number of aryl methyl sites for hydroxylation is 2. The van der Waals surface area contributed by atoms with Gasteiger partial charge in [0.25, 0.3) is 0 Å². The minimum atomic E-state index is -0.0464. The van der Waals surface area contributed by atoms with E-state index in [1.54, 1.807) is 37.6 Å². The van der Waals surface area contributed by atoms with Crippen molar-refractivity contribution in [2.24, 2.45) is 0 Å². The maximum atomic E-state index is 12.0. The zero-order valence-electron chi connectivity index (χ0n) is 12.5. The highest BCUT2D eigenvalue weighted by molar-refractivity contribution is 6.04. The second kappa shape index (κ2) is 6.75. The molecule has 0 radical (unpaired) electrons. The summed E-state index contributed by atoms with van der Waals surface area (Å²) < 4.78 is 5.07. The molecule has 0 aliphatic carbocycles. The van der Waals surface area contributed by atoms with Crippen LogP contribution in [0.2, 0.25) is 0 Å². The topological polar surface area (TPSA) is 38.3 Å². The standard InChI is InChI=1S/C18H19NO2/c1-13-4-9-17(14(2)12-13)19-11-10-18(20)15-5-7-16(21-3)8-6-15/h4-12,19H,1-3H3. The van der Waals surface area contributed by atoms with Crippen molar-refractivity contribution in [3.8, 4) is 5.75 Å². The number of hydrogen-bond donors (Lipinski definition) is 1. The van der Waals surface area contributed by atoms with Gasteiger partial charge in [0.1, 0.15) is 5.75 Å². The van der Waals surface area contributed by atoms with E-state index in [4.69, 9.17) is 4.74 Å². The molecule has 0 aromatic heterocycles. The Balaban J connectivity index is 2.01. The second-order valence-electron chi connectivity index (χ2n) is 4.89. The van der Waals surface area contributed by atoms with Crippen LogP contribution in [0.15, 0.2) is 54.7 Å². The molecule has 0 spiro atoms. The molecule has 2 aromatic rings. The van der Waals surface area contributed by atoms with Crippen LogP contribution in [-0.4, -0.2) is 12.9 Å². The lowest BCUT2D eigenvalue weighted by Gasteiger charge is -2.06. The molecule has 21 heavy (non-hydrogen) atoms. The fourth-order valence-corrected chi connectivity index (χ4v) is 2.03. The molecule has 0 heterocycles. The van der Waals surface area contributed by atoms with Crippen LogP contribution in [0.3, 0.4) is 0 Å². The highest BCUT2D eigenvalue weighted by atomic mass is 16.5. The van der Waals surface area contributed by atoms with E-state index in [9.17, 15) is 4.79 Å². The van der Waals surface area contributed by atoms with Gasteiger partial charge < -0.3 is 10.1 Å². The molecule has 0 atom stereocenters. The summed E-state index contributed by atoms with van der Waals surface area (Å²) in [6.45, 7) is 4.09. The first kappa shape index (κ1) is 14.9. The van der Waals surface area contributed by atoms with Crippen LogP contribution < -0.4 is 10.1 Å². The molecular formula is C18H19NO2. The van der Waals surface area contributed by atoms with Gasteiger partial charge in [-0.3, -0.25) is 4.79 Å². The van der Waals surface area contributed by atoms with Crippen LogP contribution in [0.4, 0.5) is 5.69 Å². The highest BCUT2D eigenvalue weighted by Gasteiger charge is 2.02. The van der Waals surface area contributed by atoms with Gasteiger partial charge in [0.15, 0.2) is 5.78 Å². The summed E-state index contributed by atoms with van der Waals surface area (Å²) in [6, 6.07) is 13.2. The van der Waals surface area contributed by atoms with Gasteiger partial charge in [-0.25, -0.2) is 0 Å². The Labute approximate surface area is 125 Å². The number of carbonyl (C=O) groups is 1. The van der Waals surface area contributed by atoms with Gasteiger partial charge in [-0.15, -0.1) is 0 Å². The van der Waals surface area contributed by atoms with E-state index in [1.807, 2.05) is 19.1 Å². The van der Waals surface area contributed by atoms with Crippen molar-refractivity contribution in [1.29, 1.82) is 0 Å². The average Bonchev–Trinajstić information content (AvgIpc) is 2.49. The summed E-state index contributed by atoms with van der Waals surface area (Å²) >= 11 is 0. The Kier molecular flexibility index (Phi) is 4.77. The van der Waals surface area contributed by atoms with E-state index in [-0.39, 0.29) is 5.78 Å². The summed E-state index contributed by atoms with van der Waals surface area (Å²) in [5.74, 6) is 0.693. The van der Waals surface area contributed by atoms with E-state index in [0.29, 0.717) is 5.56 Å². The van der Waals surface area contributed by atoms with Gasteiger partial charge in [0.05, 0.1) is 7.11 Å². The lowest BCUT2D eigenvalue weighted by molar-refractivity contribution is 0.104. The molecule has 0 aliphatic rings. The third kappa shape index (κ3) is 3.96. The largest absolute Gasteiger partial charge is 0.497 e. The van der Waals surface area contributed by atoms with Gasteiger partial charge in [-0.2, -0.15) is 0 Å². The maximum absolute atomic E-state index is 12.0. The number of hydrogen-bond acceptors (Lipinski definition) is 3. The van der Waals surface area contributed by atoms with Crippen molar-refractivity contribution >= 4 is 11.5 Å². The SMILES string of the molecule is COc1ccc(C(=O)C=CNc2ccc(C)cc2C)cc1. The molecule has 3 heteroatoms. The minimum Gasteiger partial charge on any atom is -0.497 e. The Morgan fingerprint density at radius 2 is 1.81 bits per heavy atom. The molecule has 0 saturated carbocycles. The zero-order valence-corrected chi connectivity index (χ0v) is 12.5. The van der Waals surface area contributed by atoms with E-state index >= 15 is 0 Å². The summed E-state index contributed by atoms with van der Waals surface area (Å²) in [5, 5.41) is 3.14. The normalized spacial score (nSPS) is 10.6. The Hall–Kier alpha value is -2.55. The molecular weight excluding hydrogens is 262 g/mol. The summed E-state index contributed by atoms with van der Waals surface area (Å²) in [6.07, 6.45) is 3.20. The van der Waals surface area contributed by atoms with E-state index in [2.05, 4.69) is 18.3 Å². The third-order valence-electron chi connectivity index (χ3n) is 3.23. The van der Waals surface area contributed by atoms with E-state index < -0.39 is 0 Å². The van der Waals surface area contributed by atoms with Gasteiger partial charge in [0, 0.05) is 23.5 Å². The Morgan fingerprint density at radius 1 is 1.10 bits per heavy atom. The second-order valence-corrected chi connectivity index (χ2v) is 4.89. The van der Waals surface area contributed by atoms with Crippen LogP contribution in [0, 0.1) is 13.8 Å². The predicted octanol–water partition coefficient (Wildman–Crippen LogP) is 4.12. The third-order valence-corrected chi connectivity index (χ3v) is 3.23. The minimum absolute atomic E-state index is 0.0464. The molecule has 0 unspecified atom stereocenters. The molecule has 0 fully saturated rings. The predicted molar refractivity (Wildman–Crippen MR) is 86.0 cm³/mol. The van der Waals surface area contributed by atoms with Gasteiger partial charge >= 0.3 is 0 Å². The first-order valence-electron chi connectivity index (χ1n) is 6.79. The smallest absolute Gasteiger partial charge is 0.187 e. The van der Waals surface area contributed by atoms with Crippen LogP contribution >= 0.6 is 0 Å². The van der Waals surface area contributed by atoms with Gasteiger partial charge in [-0.1, -0.05) is 17.7 Å². The van der Waals surface area contributed by atoms with Crippen molar-refractivity contribution in [1.82, 2.24) is 0 Å². The van der Waals surface area contributed by atoms with Gasteiger partial charge in [-0.05, 0) is 49.7 Å². The quantitative estimate of drug-likeness (QED) is 0.662. The van der Waals surface area contributed by atoms with E-state index in [0.717, 1.165) is 17.0 Å². The first-order chi connectivity index (χ1) is 10.1. The number of carbonyl (C=O) groups excluding carboxylic acids is 1. The van der Waals surface area contributed by atoms with Crippen molar-refractivity contribution in [3.63, 3.8) is 0 Å². The lowest BCUT2D eigenvalue weighted by atomic mass is 10.1. The lowest BCUT2D eigenvalue weighted by Crippen LogP contribution is -1.97. The number of anilines is 1. The van der Waals surface area contributed by atoms with Crippen molar-refractivity contribution in [2.75, 3.05) is 12.4 Å². The number of rotatable bonds is 5. The highest BCUT2D eigenvalue weighted by Crippen LogP contribution is 2.16. The van der Waals surface area contributed by atoms with Crippen LogP contribution in [0.1, 0.15) is 21.5 Å². The number of ether oxygens (including phenoxy) is 1. The summed E-state index contributed by atoms with van der Waals surface area (Å²) in [7, 11) is 1.60. The number of ketones is 1. The van der Waals surface area contributed by atoms with Crippen LogP contribution in [-0.2, 0) is 0 Å². The number of methoxy groups -OCH3 is 1. The average molecular weight is 281 g/mol. The molecule has 1 N–H and O–H groups in total. The summed E-state index contributed by atoms with van der Waals surface area (Å²) in [5.41, 5.74) is 4.00. The molecule has 108 valence electrons. The molecule has 0 aliphatic heterocycles. The summed E-state index contributed by atoms with van der Waals surface area (Å²) in [4.78, 5) is 12.0. The fraction of sp³-hybridized carbons (Fsp3) is 0.167. The Bertz CT molecular complexity index is 657. The monoisotopic (exact) mass is 281 g/mol.